The topological polar surface area (TPSA) is 60.5 Å². The van der Waals surface area contributed by atoms with E-state index in [-0.39, 0.29) is 0 Å². The first-order valence-electron chi connectivity index (χ1n) is 6.06. The predicted molar refractivity (Wildman–Crippen MR) is 72.1 cm³/mol. The van der Waals surface area contributed by atoms with Gasteiger partial charge in [0.05, 0.1) is 6.54 Å². The zero-order chi connectivity index (χ0) is 12.6. The third-order valence-electron chi connectivity index (χ3n) is 1.86. The minimum absolute atomic E-state index is 0.778. The van der Waals surface area contributed by atoms with Crippen LogP contribution < -0.4 is 5.73 Å². The SMILES string of the molecule is C1=NCCO1.CCCCCN.c1ccncc1. The van der Waals surface area contributed by atoms with E-state index in [2.05, 4.69) is 21.6 Å². The number of pyridine rings is 1. The molecular formula is C13H23N3O. The van der Waals surface area contributed by atoms with Gasteiger partial charge in [-0.25, -0.2) is 0 Å². The standard InChI is InChI=1S/C5H5N.C5H13N.C3H5NO/c1-2-4-6-5-3-1;1-2-3-4-5-6;1-2-5-3-4-1/h1-5H;2-6H2,1H3;3H,1-2H2. The number of nitrogens with two attached hydrogens (primary N) is 1. The minimum Gasteiger partial charge on any atom is -0.482 e. The lowest BCUT2D eigenvalue weighted by Gasteiger charge is -1.86. The maximum absolute atomic E-state index is 5.21. The Morgan fingerprint density at radius 2 is 1.94 bits per heavy atom. The average molecular weight is 237 g/mol. The molecule has 0 radical (unpaired) electrons. The molecule has 1 aromatic rings. The van der Waals surface area contributed by atoms with Gasteiger partial charge in [0.15, 0.2) is 6.40 Å². The Hall–Kier alpha value is -1.42. The Balaban J connectivity index is 0.000000227. The van der Waals surface area contributed by atoms with Gasteiger partial charge in [0.1, 0.15) is 6.61 Å². The second-order valence-corrected chi connectivity index (χ2v) is 3.40. The number of aliphatic imine (C=N–C) groups is 1. The van der Waals surface area contributed by atoms with E-state index in [1.807, 2.05) is 18.2 Å². The van der Waals surface area contributed by atoms with Gasteiger partial charge in [-0.2, -0.15) is 0 Å². The molecule has 96 valence electrons. The van der Waals surface area contributed by atoms with E-state index < -0.39 is 0 Å². The maximum Gasteiger partial charge on any atom is 0.169 e. The summed E-state index contributed by atoms with van der Waals surface area (Å²) in [4.78, 5) is 7.52. The van der Waals surface area contributed by atoms with Crippen molar-refractivity contribution in [3.8, 4) is 0 Å². The van der Waals surface area contributed by atoms with Crippen LogP contribution in [-0.2, 0) is 4.74 Å². The highest BCUT2D eigenvalue weighted by Gasteiger charge is 1.84. The van der Waals surface area contributed by atoms with Crippen LogP contribution in [-0.4, -0.2) is 31.1 Å². The van der Waals surface area contributed by atoms with Gasteiger partial charge in [0, 0.05) is 12.4 Å². The number of hydrogen-bond acceptors (Lipinski definition) is 4. The number of rotatable bonds is 3. The molecule has 0 bridgehead atoms. The molecule has 2 rings (SSSR count). The second kappa shape index (κ2) is 14.6. The average Bonchev–Trinajstić information content (AvgIpc) is 2.98. The summed E-state index contributed by atoms with van der Waals surface area (Å²) in [6, 6.07) is 5.72. The molecule has 0 aromatic carbocycles. The molecule has 1 aliphatic rings. The van der Waals surface area contributed by atoms with Gasteiger partial charge < -0.3 is 10.5 Å². The molecule has 17 heavy (non-hydrogen) atoms. The van der Waals surface area contributed by atoms with Crippen molar-refractivity contribution in [1.29, 1.82) is 0 Å². The first kappa shape index (κ1) is 15.6. The summed E-state index contributed by atoms with van der Waals surface area (Å²) in [5.41, 5.74) is 5.21. The largest absolute Gasteiger partial charge is 0.482 e. The van der Waals surface area contributed by atoms with E-state index >= 15 is 0 Å². The van der Waals surface area contributed by atoms with Crippen molar-refractivity contribution in [1.82, 2.24) is 4.98 Å². The quantitative estimate of drug-likeness (QED) is 0.820. The fourth-order valence-electron chi connectivity index (χ4n) is 0.970. The van der Waals surface area contributed by atoms with Crippen molar-refractivity contribution in [2.24, 2.45) is 10.7 Å². The summed E-state index contributed by atoms with van der Waals surface area (Å²) in [5, 5.41) is 0. The lowest BCUT2D eigenvalue weighted by atomic mass is 10.3. The van der Waals surface area contributed by atoms with Crippen LogP contribution in [0.5, 0.6) is 0 Å². The molecule has 0 aliphatic carbocycles. The van der Waals surface area contributed by atoms with Crippen molar-refractivity contribution < 1.29 is 4.74 Å². The van der Waals surface area contributed by atoms with Gasteiger partial charge >= 0.3 is 0 Å². The van der Waals surface area contributed by atoms with Crippen LogP contribution in [0.25, 0.3) is 0 Å². The van der Waals surface area contributed by atoms with Crippen LogP contribution in [0.15, 0.2) is 35.6 Å². The van der Waals surface area contributed by atoms with Crippen molar-refractivity contribution in [3.05, 3.63) is 30.6 Å². The predicted octanol–water partition coefficient (Wildman–Crippen LogP) is 2.26. The van der Waals surface area contributed by atoms with Crippen molar-refractivity contribution in [2.45, 2.75) is 26.2 Å². The first-order chi connectivity index (χ1) is 8.41. The Bertz CT molecular complexity index is 215. The number of nitrogens with zero attached hydrogens (tertiary/aromatic N) is 2. The Kier molecular flexibility index (Phi) is 13.4. The van der Waals surface area contributed by atoms with Gasteiger partial charge in [0.25, 0.3) is 0 Å². The fourth-order valence-corrected chi connectivity index (χ4v) is 0.970. The van der Waals surface area contributed by atoms with Crippen molar-refractivity contribution in [3.63, 3.8) is 0 Å². The smallest absolute Gasteiger partial charge is 0.169 e. The summed E-state index contributed by atoms with van der Waals surface area (Å²) in [6.07, 6.45) is 8.74. The highest BCUT2D eigenvalue weighted by Crippen LogP contribution is 1.88. The van der Waals surface area contributed by atoms with E-state index in [0.717, 1.165) is 19.7 Å². The minimum atomic E-state index is 0.778. The molecule has 0 saturated heterocycles. The molecule has 2 heterocycles. The van der Waals surface area contributed by atoms with Crippen LogP contribution in [0, 0.1) is 0 Å². The third kappa shape index (κ3) is 14.6. The van der Waals surface area contributed by atoms with Crippen LogP contribution in [0.3, 0.4) is 0 Å². The molecule has 0 amide bonds. The molecule has 0 fully saturated rings. The van der Waals surface area contributed by atoms with Gasteiger partial charge in [-0.3, -0.25) is 9.98 Å². The van der Waals surface area contributed by atoms with Gasteiger partial charge in [-0.05, 0) is 25.1 Å². The monoisotopic (exact) mass is 237 g/mol. The summed E-state index contributed by atoms with van der Waals surface area (Å²) < 4.78 is 4.65. The maximum atomic E-state index is 5.21. The summed E-state index contributed by atoms with van der Waals surface area (Å²) in [5.74, 6) is 0. The van der Waals surface area contributed by atoms with E-state index in [0.29, 0.717) is 0 Å². The molecule has 0 unspecified atom stereocenters. The first-order valence-corrected chi connectivity index (χ1v) is 6.06. The van der Waals surface area contributed by atoms with Gasteiger partial charge in [-0.15, -0.1) is 0 Å². The zero-order valence-corrected chi connectivity index (χ0v) is 10.6. The molecule has 4 heteroatoms. The molecule has 1 aliphatic heterocycles. The van der Waals surface area contributed by atoms with Crippen molar-refractivity contribution >= 4 is 6.40 Å². The molecule has 1 aromatic heterocycles. The number of aromatic nitrogens is 1. The number of hydrogen-bond donors (Lipinski definition) is 1. The molecule has 0 saturated carbocycles. The highest BCUT2D eigenvalue weighted by atomic mass is 16.5. The van der Waals surface area contributed by atoms with Crippen LogP contribution >= 0.6 is 0 Å². The fraction of sp³-hybridized carbons (Fsp3) is 0.538. The van der Waals surface area contributed by atoms with E-state index in [9.17, 15) is 0 Å². The molecular weight excluding hydrogens is 214 g/mol. The van der Waals surface area contributed by atoms with Crippen LogP contribution in [0.1, 0.15) is 26.2 Å². The van der Waals surface area contributed by atoms with Crippen molar-refractivity contribution in [2.75, 3.05) is 19.7 Å². The summed E-state index contributed by atoms with van der Waals surface area (Å²) in [7, 11) is 0. The van der Waals surface area contributed by atoms with E-state index in [1.54, 1.807) is 12.4 Å². The number of unbranched alkanes of at least 4 members (excludes halogenated alkanes) is 2. The number of ether oxygens (including phenoxy) is 1. The van der Waals surface area contributed by atoms with E-state index in [4.69, 9.17) is 5.73 Å². The normalized spacial score (nSPS) is 11.6. The zero-order valence-electron chi connectivity index (χ0n) is 10.6. The van der Waals surface area contributed by atoms with Crippen LogP contribution in [0.4, 0.5) is 0 Å². The molecule has 0 atom stereocenters. The van der Waals surface area contributed by atoms with Crippen LogP contribution in [0.2, 0.25) is 0 Å². The molecule has 2 N–H and O–H groups in total. The molecule has 4 nitrogen and oxygen atoms in total. The Labute approximate surface area is 104 Å². The van der Waals surface area contributed by atoms with E-state index in [1.165, 1.54) is 25.7 Å². The summed E-state index contributed by atoms with van der Waals surface area (Å²) >= 11 is 0. The lowest BCUT2D eigenvalue weighted by molar-refractivity contribution is 0.361. The Morgan fingerprint density at radius 3 is 2.12 bits per heavy atom. The summed E-state index contributed by atoms with van der Waals surface area (Å²) in [6.45, 7) is 4.66. The van der Waals surface area contributed by atoms with Gasteiger partial charge in [-0.1, -0.05) is 25.8 Å². The lowest BCUT2D eigenvalue weighted by Crippen LogP contribution is -1.96. The Morgan fingerprint density at radius 1 is 1.18 bits per heavy atom. The third-order valence-corrected chi connectivity index (χ3v) is 1.86. The second-order valence-electron chi connectivity index (χ2n) is 3.40. The highest BCUT2D eigenvalue weighted by molar-refractivity contribution is 5.47. The van der Waals surface area contributed by atoms with Gasteiger partial charge in [0.2, 0.25) is 0 Å². The molecule has 0 spiro atoms.